The molecule has 124 heavy (non-hydrogen) atoms. The van der Waals surface area contributed by atoms with Crippen molar-refractivity contribution in [3.63, 3.8) is 0 Å². The van der Waals surface area contributed by atoms with Crippen LogP contribution in [0.15, 0.2) is 206 Å². The molecule has 0 atom stereocenters. The van der Waals surface area contributed by atoms with E-state index in [0.717, 1.165) is 0 Å². The average Bonchev–Trinajstić information content (AvgIpc) is 0.709. The number of rotatable bonds is 20. The molecule has 2 heteroatoms. The zero-order chi connectivity index (χ0) is 82.5. The lowest BCUT2D eigenvalue weighted by molar-refractivity contribution is 0.435. The van der Waals surface area contributed by atoms with Gasteiger partial charge in [0.25, 0.3) is 0 Å². The molecule has 0 radical (unpaired) electrons. The van der Waals surface area contributed by atoms with Crippen molar-refractivity contribution in [2.75, 3.05) is 9.80 Å². The third-order valence-corrected chi connectivity index (χ3v) is 34.1. The molecule has 10 aliphatic carbocycles. The van der Waals surface area contributed by atoms with Gasteiger partial charge in [-0.1, -0.05) is 326 Å². The minimum absolute atomic E-state index is 0.498. The van der Waals surface area contributed by atoms with Crippen LogP contribution in [0.1, 0.15) is 436 Å². The van der Waals surface area contributed by atoms with E-state index in [4.69, 9.17) is 0 Å². The molecular formula is C122H144N2. The van der Waals surface area contributed by atoms with E-state index in [-0.39, 0.29) is 0 Å². The van der Waals surface area contributed by atoms with E-state index in [0.29, 0.717) is 59.2 Å². The fourth-order valence-corrected chi connectivity index (χ4v) is 26.8. The minimum atomic E-state index is 0.498. The van der Waals surface area contributed by atoms with Gasteiger partial charge in [-0.25, -0.2) is 0 Å². The summed E-state index contributed by atoms with van der Waals surface area (Å²) < 4.78 is 0. The van der Waals surface area contributed by atoms with Crippen LogP contribution in [-0.2, 0) is 0 Å². The summed E-state index contributed by atoms with van der Waals surface area (Å²) in [6, 6.07) is 90.0. The standard InChI is InChI=1S/C122H144N2/c1-11-31-85(32-12-1)95-51-59-99(60-52-95)109-73-110(100-61-53-96(54-62-100)86-33-13-2-14-34-86)80-115(79-109)123(113-75-105(91-43-23-7-24-44-91)71-106(76-113)92-45-25-8-26-46-92)121-117-69-67-104(90-41-21-6-22-42-90)84-120(117)122(118-70-68-103(83-119(118)121)89-39-19-5-20-40-89)124(114-77-107(93-47-27-9-28-48-93)72-108(78-114)94-49-29-10-30-50-94)116-81-111(101-63-55-97(56-64-101)87-35-15-3-16-36-87)74-112(82-116)102-65-57-98(58-66-102)88-37-17-4-18-38-88/h51-94H,1-50H2. The first-order valence-electron chi connectivity index (χ1n) is 52.1. The van der Waals surface area contributed by atoms with Crippen molar-refractivity contribution in [3.05, 3.63) is 262 Å². The third-order valence-electron chi connectivity index (χ3n) is 34.1. The molecule has 2 nitrogen and oxygen atoms in total. The Hall–Kier alpha value is -8.46. The largest absolute Gasteiger partial charge is 0.309 e. The fourth-order valence-electron chi connectivity index (χ4n) is 26.8. The lowest BCUT2D eigenvalue weighted by Gasteiger charge is -2.36. The van der Waals surface area contributed by atoms with Crippen molar-refractivity contribution in [1.29, 1.82) is 0 Å². The van der Waals surface area contributed by atoms with Gasteiger partial charge in [-0.2, -0.15) is 0 Å². The maximum atomic E-state index is 2.97. The van der Waals surface area contributed by atoms with Crippen molar-refractivity contribution in [2.24, 2.45) is 0 Å². The molecule has 0 saturated heterocycles. The quantitative estimate of drug-likeness (QED) is 0.0554. The summed E-state index contributed by atoms with van der Waals surface area (Å²) in [4.78, 5) is 5.94. The molecule has 0 unspecified atom stereocenters. The van der Waals surface area contributed by atoms with E-state index < -0.39 is 0 Å². The molecule has 11 aromatic carbocycles. The molecule has 642 valence electrons. The number of fused-ring (bicyclic) bond motifs is 2. The van der Waals surface area contributed by atoms with Crippen LogP contribution in [0, 0.1) is 0 Å². The SMILES string of the molecule is c1cc(C2CCCCC2)ccc1-c1cc(-c2ccc(C3CCCCC3)cc2)cc(N(c2cc(C3CCCCC3)cc(C3CCCCC3)c2)c2c3ccc(C4CCCCC4)cc3c(N(c3cc(-c4ccc(C5CCCCC5)cc4)cc(-c4ccc(C5CCCCC5)cc4)c3)c3cc(C4CCCCC4)cc(C4CCCCC4)c3)c3ccc(C4CCCCC4)cc23)c1. The molecule has 10 fully saturated rings. The molecule has 0 bridgehead atoms. The highest BCUT2D eigenvalue weighted by Crippen LogP contribution is 2.58. The molecule has 0 aliphatic heterocycles. The minimum Gasteiger partial charge on any atom is -0.309 e. The molecule has 10 aliphatic rings. The molecule has 0 heterocycles. The van der Waals surface area contributed by atoms with Crippen LogP contribution >= 0.6 is 0 Å². The van der Waals surface area contributed by atoms with Crippen LogP contribution in [0.2, 0.25) is 0 Å². The highest BCUT2D eigenvalue weighted by Gasteiger charge is 2.35. The van der Waals surface area contributed by atoms with Gasteiger partial charge in [0, 0.05) is 44.3 Å². The molecule has 10 saturated carbocycles. The van der Waals surface area contributed by atoms with Crippen molar-refractivity contribution < 1.29 is 0 Å². The first-order valence-corrected chi connectivity index (χ1v) is 52.1. The lowest BCUT2D eigenvalue weighted by Crippen LogP contribution is -2.18. The topological polar surface area (TPSA) is 6.48 Å². The monoisotopic (exact) mass is 1640 g/mol. The smallest absolute Gasteiger partial charge is 0.0620 e. The Morgan fingerprint density at radius 1 is 0.129 bits per heavy atom. The van der Waals surface area contributed by atoms with Crippen molar-refractivity contribution in [1.82, 2.24) is 0 Å². The Morgan fingerprint density at radius 3 is 0.516 bits per heavy atom. The predicted octanol–water partition coefficient (Wildman–Crippen LogP) is 38.1. The van der Waals surface area contributed by atoms with Gasteiger partial charge in [-0.3, -0.25) is 0 Å². The average molecular weight is 1640 g/mol. The first kappa shape index (κ1) is 82.5. The van der Waals surface area contributed by atoms with E-state index >= 15 is 0 Å². The second-order valence-corrected chi connectivity index (χ2v) is 42.1. The van der Waals surface area contributed by atoms with Gasteiger partial charge in [-0.05, 0) is 361 Å². The number of anilines is 6. The van der Waals surface area contributed by atoms with Gasteiger partial charge in [-0.15, -0.1) is 0 Å². The third kappa shape index (κ3) is 18.1. The van der Waals surface area contributed by atoms with E-state index in [2.05, 4.69) is 216 Å². The summed E-state index contributed by atoms with van der Waals surface area (Å²) in [6.45, 7) is 0. The second-order valence-electron chi connectivity index (χ2n) is 42.1. The van der Waals surface area contributed by atoms with Gasteiger partial charge < -0.3 is 9.80 Å². The summed E-state index contributed by atoms with van der Waals surface area (Å²) in [5.41, 5.74) is 34.1. The zero-order valence-electron chi connectivity index (χ0n) is 75.7. The Bertz CT molecular complexity index is 4830. The highest BCUT2D eigenvalue weighted by atomic mass is 15.2. The summed E-state index contributed by atoms with van der Waals surface area (Å²) >= 11 is 0. The molecular weight excluding hydrogens is 1490 g/mol. The van der Waals surface area contributed by atoms with Gasteiger partial charge in [0.2, 0.25) is 0 Å². The summed E-state index contributed by atoms with van der Waals surface area (Å²) in [5.74, 6) is 5.74. The van der Waals surface area contributed by atoms with Crippen LogP contribution in [0.5, 0.6) is 0 Å². The number of benzene rings is 11. The fraction of sp³-hybridized carbons (Fsp3) is 0.492. The number of hydrogen-bond acceptors (Lipinski definition) is 2. The van der Waals surface area contributed by atoms with Crippen LogP contribution in [-0.4, -0.2) is 0 Å². The molecule has 11 aromatic rings. The molecule has 0 amide bonds. The number of nitrogens with zero attached hydrogens (tertiary/aromatic N) is 2. The summed E-state index contributed by atoms with van der Waals surface area (Å²) in [5, 5.41) is 5.54. The Morgan fingerprint density at radius 2 is 0.306 bits per heavy atom. The maximum Gasteiger partial charge on any atom is 0.0620 e. The number of hydrogen-bond donors (Lipinski definition) is 0. The lowest BCUT2D eigenvalue weighted by atomic mass is 9.79. The highest BCUT2D eigenvalue weighted by molar-refractivity contribution is 6.24. The van der Waals surface area contributed by atoms with Crippen molar-refractivity contribution in [2.45, 2.75) is 380 Å². The Balaban J connectivity index is 0.875. The van der Waals surface area contributed by atoms with Crippen LogP contribution in [0.4, 0.5) is 34.1 Å². The molecule has 0 N–H and O–H groups in total. The zero-order valence-corrected chi connectivity index (χ0v) is 75.7. The van der Waals surface area contributed by atoms with Crippen LogP contribution in [0.25, 0.3) is 66.1 Å². The molecule has 0 spiro atoms. The summed E-state index contributed by atoms with van der Waals surface area (Å²) in [7, 11) is 0. The van der Waals surface area contributed by atoms with Crippen LogP contribution in [0.3, 0.4) is 0 Å². The second kappa shape index (κ2) is 38.6. The van der Waals surface area contributed by atoms with E-state index in [9.17, 15) is 0 Å². The summed E-state index contributed by atoms with van der Waals surface area (Å²) in [6.07, 6.45) is 65.7. The van der Waals surface area contributed by atoms with Gasteiger partial charge >= 0.3 is 0 Å². The van der Waals surface area contributed by atoms with Gasteiger partial charge in [0.05, 0.1) is 11.4 Å². The predicted molar refractivity (Wildman–Crippen MR) is 531 cm³/mol. The van der Waals surface area contributed by atoms with E-state index in [1.165, 1.54) is 455 Å². The normalized spacial score (nSPS) is 20.6. The molecule has 21 rings (SSSR count). The van der Waals surface area contributed by atoms with Crippen molar-refractivity contribution in [3.8, 4) is 44.5 Å². The molecule has 0 aromatic heterocycles. The van der Waals surface area contributed by atoms with E-state index in [1.54, 1.807) is 22.3 Å². The Labute approximate surface area is 747 Å². The first-order chi connectivity index (χ1) is 61.4. The van der Waals surface area contributed by atoms with Crippen molar-refractivity contribution >= 4 is 55.7 Å². The maximum absolute atomic E-state index is 2.97. The van der Waals surface area contributed by atoms with Gasteiger partial charge in [0.15, 0.2) is 0 Å². The van der Waals surface area contributed by atoms with Gasteiger partial charge in [0.1, 0.15) is 0 Å². The van der Waals surface area contributed by atoms with Crippen LogP contribution < -0.4 is 9.80 Å². The Kier molecular flexibility index (Phi) is 25.7. The van der Waals surface area contributed by atoms with E-state index in [1.807, 2.05) is 0 Å².